The molecule has 2 aromatic heterocycles. The highest BCUT2D eigenvalue weighted by Crippen LogP contribution is 2.28. The summed E-state index contributed by atoms with van der Waals surface area (Å²) in [5.74, 6) is -1.23. The van der Waals surface area contributed by atoms with Crippen molar-refractivity contribution in [2.75, 3.05) is 0 Å². The van der Waals surface area contributed by atoms with E-state index >= 15 is 0 Å². The minimum atomic E-state index is -1.11. The molecule has 0 saturated heterocycles. The van der Waals surface area contributed by atoms with Crippen molar-refractivity contribution in [1.82, 2.24) is 20.2 Å². The van der Waals surface area contributed by atoms with Crippen molar-refractivity contribution in [2.45, 2.75) is 10.2 Å². The van der Waals surface area contributed by atoms with Crippen molar-refractivity contribution >= 4 is 17.7 Å². The lowest BCUT2D eigenvalue weighted by Gasteiger charge is -2.01. The molecule has 1 N–H and O–H groups in total. The molecule has 0 amide bonds. The van der Waals surface area contributed by atoms with E-state index in [0.29, 0.717) is 10.2 Å². The lowest BCUT2D eigenvalue weighted by Crippen LogP contribution is -1.98. The van der Waals surface area contributed by atoms with E-state index in [4.69, 9.17) is 9.52 Å². The molecule has 20 heavy (non-hydrogen) atoms. The molecular formula is C12H8N4O3S. The largest absolute Gasteiger partial charge is 0.475 e. The van der Waals surface area contributed by atoms with Gasteiger partial charge in [0.1, 0.15) is 0 Å². The Morgan fingerprint density at radius 2 is 2.00 bits per heavy atom. The van der Waals surface area contributed by atoms with Crippen molar-refractivity contribution < 1.29 is 14.3 Å². The number of carboxylic acids is 1. The van der Waals surface area contributed by atoms with Crippen LogP contribution in [0.15, 0.2) is 57.1 Å². The number of aromatic nitrogens is 4. The van der Waals surface area contributed by atoms with Crippen LogP contribution in [0.1, 0.15) is 10.6 Å². The molecule has 0 aliphatic rings. The van der Waals surface area contributed by atoms with Crippen LogP contribution in [0.25, 0.3) is 5.69 Å². The minimum absolute atomic E-state index is 0.119. The molecule has 0 unspecified atom stereocenters. The molecule has 3 rings (SSSR count). The topological polar surface area (TPSA) is 94.0 Å². The van der Waals surface area contributed by atoms with Gasteiger partial charge in [0.15, 0.2) is 5.09 Å². The van der Waals surface area contributed by atoms with Crippen LogP contribution < -0.4 is 0 Å². The van der Waals surface area contributed by atoms with Crippen molar-refractivity contribution in [3.63, 3.8) is 0 Å². The Bertz CT molecular complexity index is 738. The molecule has 0 aliphatic heterocycles. The van der Waals surface area contributed by atoms with E-state index in [1.807, 2.05) is 30.3 Å². The fourth-order valence-electron chi connectivity index (χ4n) is 1.55. The average molecular weight is 288 g/mol. The normalized spacial score (nSPS) is 10.6. The molecular weight excluding hydrogens is 280 g/mol. The number of para-hydroxylation sites is 1. The van der Waals surface area contributed by atoms with Crippen molar-refractivity contribution in [2.24, 2.45) is 0 Å². The summed E-state index contributed by atoms with van der Waals surface area (Å²) < 4.78 is 6.71. The van der Waals surface area contributed by atoms with E-state index in [1.165, 1.54) is 6.07 Å². The summed E-state index contributed by atoms with van der Waals surface area (Å²) in [5, 5.41) is 21.1. The van der Waals surface area contributed by atoms with Gasteiger partial charge in [0.05, 0.1) is 5.69 Å². The van der Waals surface area contributed by atoms with E-state index in [-0.39, 0.29) is 5.76 Å². The smallest absolute Gasteiger partial charge is 0.371 e. The predicted octanol–water partition coefficient (Wildman–Crippen LogP) is 2.10. The van der Waals surface area contributed by atoms with Gasteiger partial charge in [-0.25, -0.2) is 4.79 Å². The summed E-state index contributed by atoms with van der Waals surface area (Å²) in [4.78, 5) is 10.8. The molecule has 0 fully saturated rings. The summed E-state index contributed by atoms with van der Waals surface area (Å²) in [6.45, 7) is 0. The lowest BCUT2D eigenvalue weighted by molar-refractivity contribution is 0.0656. The monoisotopic (exact) mass is 288 g/mol. The molecule has 1 aromatic carbocycles. The fraction of sp³-hybridized carbons (Fsp3) is 0. The molecule has 0 spiro atoms. The first kappa shape index (κ1) is 12.4. The maximum Gasteiger partial charge on any atom is 0.371 e. The van der Waals surface area contributed by atoms with Gasteiger partial charge >= 0.3 is 5.97 Å². The van der Waals surface area contributed by atoms with Gasteiger partial charge < -0.3 is 9.52 Å². The van der Waals surface area contributed by atoms with Crippen LogP contribution in [-0.2, 0) is 0 Å². The Labute approximate surface area is 117 Å². The highest BCUT2D eigenvalue weighted by atomic mass is 32.2. The number of carboxylic acid groups (broad SMARTS) is 1. The van der Waals surface area contributed by atoms with Crippen LogP contribution in [-0.4, -0.2) is 31.3 Å². The Morgan fingerprint density at radius 1 is 1.20 bits per heavy atom. The second-order valence-corrected chi connectivity index (χ2v) is 4.71. The number of carbonyl (C=O) groups is 1. The zero-order valence-electron chi connectivity index (χ0n) is 10.0. The molecule has 0 bridgehead atoms. The number of rotatable bonds is 4. The number of hydrogen-bond acceptors (Lipinski definition) is 6. The SMILES string of the molecule is O=C(O)c1ccc(Sc2nnnn2-c2ccccc2)o1. The van der Waals surface area contributed by atoms with Gasteiger partial charge in [0, 0.05) is 0 Å². The molecule has 0 saturated carbocycles. The van der Waals surface area contributed by atoms with Gasteiger partial charge in [0.25, 0.3) is 0 Å². The Morgan fingerprint density at radius 3 is 2.70 bits per heavy atom. The van der Waals surface area contributed by atoms with Gasteiger partial charge in [-0.3, -0.25) is 0 Å². The van der Waals surface area contributed by atoms with Crippen LogP contribution in [0.5, 0.6) is 0 Å². The Kier molecular flexibility index (Phi) is 3.21. The van der Waals surface area contributed by atoms with Gasteiger partial charge in [-0.1, -0.05) is 18.2 Å². The zero-order chi connectivity index (χ0) is 13.9. The molecule has 0 atom stereocenters. The van der Waals surface area contributed by atoms with E-state index in [0.717, 1.165) is 17.4 Å². The number of benzene rings is 1. The van der Waals surface area contributed by atoms with E-state index in [9.17, 15) is 4.79 Å². The van der Waals surface area contributed by atoms with Gasteiger partial charge in [0.2, 0.25) is 10.9 Å². The summed E-state index contributed by atoms with van der Waals surface area (Å²) in [6, 6.07) is 12.3. The summed E-state index contributed by atoms with van der Waals surface area (Å²) in [6.07, 6.45) is 0. The standard InChI is InChI=1S/C12H8N4O3S/c17-11(18)9-6-7-10(19-9)20-12-13-14-15-16(12)8-4-2-1-3-5-8/h1-7H,(H,17,18). The third-order valence-electron chi connectivity index (χ3n) is 2.43. The molecule has 8 heteroatoms. The average Bonchev–Trinajstić information content (AvgIpc) is 3.09. The molecule has 0 aliphatic carbocycles. The van der Waals surface area contributed by atoms with E-state index < -0.39 is 5.97 Å². The summed E-state index contributed by atoms with van der Waals surface area (Å²) in [5.41, 5.74) is 0.810. The number of tetrazole rings is 1. The predicted molar refractivity (Wildman–Crippen MR) is 68.9 cm³/mol. The van der Waals surface area contributed by atoms with Gasteiger partial charge in [-0.15, -0.1) is 5.10 Å². The molecule has 0 radical (unpaired) electrons. The first-order valence-electron chi connectivity index (χ1n) is 5.59. The molecule has 2 heterocycles. The summed E-state index contributed by atoms with van der Waals surface area (Å²) in [7, 11) is 0. The third-order valence-corrected chi connectivity index (χ3v) is 3.28. The number of nitrogens with zero attached hydrogens (tertiary/aromatic N) is 4. The van der Waals surface area contributed by atoms with E-state index in [2.05, 4.69) is 15.5 Å². The van der Waals surface area contributed by atoms with Gasteiger partial charge in [-0.2, -0.15) is 4.68 Å². The third kappa shape index (κ3) is 2.41. The second kappa shape index (κ2) is 5.17. The van der Waals surface area contributed by atoms with Crippen LogP contribution >= 0.6 is 11.8 Å². The van der Waals surface area contributed by atoms with Crippen molar-refractivity contribution in [3.8, 4) is 5.69 Å². The number of hydrogen-bond donors (Lipinski definition) is 1. The quantitative estimate of drug-likeness (QED) is 0.785. The van der Waals surface area contributed by atoms with Crippen LogP contribution in [0, 0.1) is 0 Å². The van der Waals surface area contributed by atoms with Crippen LogP contribution in [0.4, 0.5) is 0 Å². The first-order chi connectivity index (χ1) is 9.74. The molecule has 7 nitrogen and oxygen atoms in total. The Hall–Kier alpha value is -2.61. The highest BCUT2D eigenvalue weighted by molar-refractivity contribution is 7.99. The minimum Gasteiger partial charge on any atom is -0.475 e. The Balaban J connectivity index is 1.88. The summed E-state index contributed by atoms with van der Waals surface area (Å²) >= 11 is 1.15. The number of furan rings is 1. The lowest BCUT2D eigenvalue weighted by atomic mass is 10.3. The van der Waals surface area contributed by atoms with Crippen LogP contribution in [0.2, 0.25) is 0 Å². The van der Waals surface area contributed by atoms with Crippen LogP contribution in [0.3, 0.4) is 0 Å². The van der Waals surface area contributed by atoms with E-state index in [1.54, 1.807) is 10.7 Å². The number of aromatic carboxylic acids is 1. The first-order valence-corrected chi connectivity index (χ1v) is 6.40. The molecule has 100 valence electrons. The second-order valence-electron chi connectivity index (χ2n) is 3.73. The maximum atomic E-state index is 10.8. The maximum absolute atomic E-state index is 10.8. The molecule has 3 aromatic rings. The van der Waals surface area contributed by atoms with Crippen molar-refractivity contribution in [1.29, 1.82) is 0 Å². The fourth-order valence-corrected chi connectivity index (χ4v) is 2.31. The van der Waals surface area contributed by atoms with Crippen molar-refractivity contribution in [3.05, 3.63) is 48.2 Å². The van der Waals surface area contributed by atoms with Gasteiger partial charge in [-0.05, 0) is 46.5 Å². The highest BCUT2D eigenvalue weighted by Gasteiger charge is 2.14. The zero-order valence-corrected chi connectivity index (χ0v) is 10.8.